The Balaban J connectivity index is 1.70. The fraction of sp³-hybridized carbons (Fsp3) is 0.417. The Morgan fingerprint density at radius 3 is 2.88 bits per heavy atom. The average Bonchev–Trinajstić information content (AvgIpc) is 2.30. The van der Waals surface area contributed by atoms with Gasteiger partial charge in [-0.2, -0.15) is 0 Å². The lowest BCUT2D eigenvalue weighted by Gasteiger charge is -2.24. The molecule has 0 aromatic heterocycles. The normalized spacial score (nSPS) is 20.5. The molecule has 3 nitrogen and oxygen atoms in total. The summed E-state index contributed by atoms with van der Waals surface area (Å²) in [6.45, 7) is 0.787. The van der Waals surface area contributed by atoms with Gasteiger partial charge in [0.25, 0.3) is 0 Å². The van der Waals surface area contributed by atoms with Crippen molar-refractivity contribution in [1.82, 2.24) is 10.6 Å². The van der Waals surface area contributed by atoms with Gasteiger partial charge in [0.2, 0.25) is 5.91 Å². The van der Waals surface area contributed by atoms with Crippen LogP contribution in [0.1, 0.15) is 12.0 Å². The van der Waals surface area contributed by atoms with Crippen LogP contribution in [-0.4, -0.2) is 23.7 Å². The highest BCUT2D eigenvalue weighted by molar-refractivity contribution is 7.99. The van der Waals surface area contributed by atoms with Gasteiger partial charge in [0.1, 0.15) is 5.50 Å². The van der Waals surface area contributed by atoms with E-state index in [0.29, 0.717) is 6.42 Å². The van der Waals surface area contributed by atoms with Gasteiger partial charge in [0.05, 0.1) is 0 Å². The van der Waals surface area contributed by atoms with Crippen LogP contribution in [0.5, 0.6) is 0 Å². The highest BCUT2D eigenvalue weighted by Gasteiger charge is 2.16. The van der Waals surface area contributed by atoms with Crippen LogP contribution in [0.15, 0.2) is 30.3 Å². The zero-order valence-electron chi connectivity index (χ0n) is 9.11. The maximum absolute atomic E-state index is 11.1. The fourth-order valence-corrected chi connectivity index (χ4v) is 2.67. The van der Waals surface area contributed by atoms with E-state index in [-0.39, 0.29) is 11.4 Å². The monoisotopic (exact) mass is 236 g/mol. The SMILES string of the molecule is O=C1CCNC(SCCc2ccccc2)N1. The molecule has 86 valence electrons. The number of carbonyl (C=O) groups is 1. The molecule has 16 heavy (non-hydrogen) atoms. The van der Waals surface area contributed by atoms with Gasteiger partial charge in [0, 0.05) is 18.7 Å². The predicted octanol–water partition coefficient (Wildman–Crippen LogP) is 1.36. The molecular formula is C12H16N2OS. The Morgan fingerprint density at radius 2 is 2.12 bits per heavy atom. The van der Waals surface area contributed by atoms with Crippen LogP contribution < -0.4 is 10.6 Å². The van der Waals surface area contributed by atoms with Gasteiger partial charge >= 0.3 is 0 Å². The second-order valence-corrected chi connectivity index (χ2v) is 4.97. The van der Waals surface area contributed by atoms with Crippen molar-refractivity contribution < 1.29 is 4.79 Å². The smallest absolute Gasteiger partial charge is 0.223 e. The summed E-state index contributed by atoms with van der Waals surface area (Å²) >= 11 is 1.75. The number of benzene rings is 1. The van der Waals surface area contributed by atoms with Crippen molar-refractivity contribution in [3.63, 3.8) is 0 Å². The van der Waals surface area contributed by atoms with Gasteiger partial charge < -0.3 is 5.32 Å². The molecule has 2 N–H and O–H groups in total. The van der Waals surface area contributed by atoms with Gasteiger partial charge in [-0.25, -0.2) is 0 Å². The van der Waals surface area contributed by atoms with Crippen LogP contribution in [-0.2, 0) is 11.2 Å². The van der Waals surface area contributed by atoms with Crippen LogP contribution in [0.4, 0.5) is 0 Å². The average molecular weight is 236 g/mol. The first-order valence-electron chi connectivity index (χ1n) is 5.53. The molecule has 1 aliphatic rings. The largest absolute Gasteiger partial charge is 0.332 e. The second kappa shape index (κ2) is 5.92. The van der Waals surface area contributed by atoms with Gasteiger partial charge in [0.15, 0.2) is 0 Å². The Hall–Kier alpha value is -1.00. The molecule has 1 aromatic carbocycles. The Kier molecular flexibility index (Phi) is 4.25. The maximum Gasteiger partial charge on any atom is 0.223 e. The van der Waals surface area contributed by atoms with Crippen molar-refractivity contribution >= 4 is 17.7 Å². The lowest BCUT2D eigenvalue weighted by Crippen LogP contribution is -2.49. The van der Waals surface area contributed by atoms with Crippen molar-refractivity contribution in [1.29, 1.82) is 0 Å². The van der Waals surface area contributed by atoms with E-state index in [2.05, 4.69) is 34.9 Å². The highest BCUT2D eigenvalue weighted by atomic mass is 32.2. The first-order chi connectivity index (χ1) is 7.84. The number of amides is 1. The van der Waals surface area contributed by atoms with Gasteiger partial charge in [-0.05, 0) is 12.0 Å². The Labute approximate surface area is 100.0 Å². The van der Waals surface area contributed by atoms with E-state index in [1.807, 2.05) is 6.07 Å². The molecule has 1 saturated heterocycles. The summed E-state index contributed by atoms with van der Waals surface area (Å²) in [7, 11) is 0. The molecule has 4 heteroatoms. The minimum absolute atomic E-state index is 0.0879. The molecule has 1 fully saturated rings. The lowest BCUT2D eigenvalue weighted by molar-refractivity contribution is -0.122. The van der Waals surface area contributed by atoms with Crippen molar-refractivity contribution in [2.45, 2.75) is 18.3 Å². The zero-order valence-corrected chi connectivity index (χ0v) is 9.93. The molecule has 1 aliphatic heterocycles. The number of aryl methyl sites for hydroxylation is 1. The molecule has 1 aromatic rings. The molecule has 0 radical (unpaired) electrons. The molecule has 1 unspecified atom stereocenters. The van der Waals surface area contributed by atoms with E-state index in [0.717, 1.165) is 18.7 Å². The van der Waals surface area contributed by atoms with E-state index in [9.17, 15) is 4.79 Å². The summed E-state index contributed by atoms with van der Waals surface area (Å²) in [6, 6.07) is 10.4. The third-order valence-electron chi connectivity index (χ3n) is 2.49. The van der Waals surface area contributed by atoms with Crippen LogP contribution in [0.25, 0.3) is 0 Å². The summed E-state index contributed by atoms with van der Waals surface area (Å²) in [5, 5.41) is 6.18. The molecule has 0 spiro atoms. The van der Waals surface area contributed by atoms with Crippen LogP contribution in [0.2, 0.25) is 0 Å². The maximum atomic E-state index is 11.1. The minimum atomic E-state index is 0.0879. The summed E-state index contributed by atoms with van der Waals surface area (Å²) < 4.78 is 0. The van der Waals surface area contributed by atoms with Crippen LogP contribution in [0, 0.1) is 0 Å². The third kappa shape index (κ3) is 3.54. The van der Waals surface area contributed by atoms with Gasteiger partial charge in [-0.1, -0.05) is 30.3 Å². The molecule has 0 bridgehead atoms. The number of thioether (sulfide) groups is 1. The van der Waals surface area contributed by atoms with E-state index >= 15 is 0 Å². The first kappa shape index (κ1) is 11.5. The van der Waals surface area contributed by atoms with E-state index in [1.54, 1.807) is 11.8 Å². The summed E-state index contributed by atoms with van der Waals surface area (Å²) in [5.74, 6) is 1.16. The fourth-order valence-electron chi connectivity index (χ4n) is 1.63. The highest BCUT2D eigenvalue weighted by Crippen LogP contribution is 2.11. The topological polar surface area (TPSA) is 41.1 Å². The summed E-state index contributed by atoms with van der Waals surface area (Å²) in [5.41, 5.74) is 1.43. The first-order valence-corrected chi connectivity index (χ1v) is 6.58. The molecule has 2 rings (SSSR count). The number of nitrogens with one attached hydrogen (secondary N) is 2. The zero-order chi connectivity index (χ0) is 11.2. The van der Waals surface area contributed by atoms with Crippen molar-refractivity contribution in [2.75, 3.05) is 12.3 Å². The molecule has 1 heterocycles. The molecule has 0 aliphatic carbocycles. The molecule has 1 atom stereocenters. The predicted molar refractivity (Wildman–Crippen MR) is 67.2 cm³/mol. The standard InChI is InChI=1S/C12H16N2OS/c15-11-6-8-13-12(14-11)16-9-7-10-4-2-1-3-5-10/h1-5,12-13H,6-9H2,(H,14,15). The van der Waals surface area contributed by atoms with Crippen LogP contribution >= 0.6 is 11.8 Å². The van der Waals surface area contributed by atoms with Crippen molar-refractivity contribution in [3.05, 3.63) is 35.9 Å². The number of carbonyl (C=O) groups excluding carboxylic acids is 1. The van der Waals surface area contributed by atoms with Crippen molar-refractivity contribution in [3.8, 4) is 0 Å². The van der Waals surface area contributed by atoms with E-state index < -0.39 is 0 Å². The number of hydrogen-bond donors (Lipinski definition) is 2. The minimum Gasteiger partial charge on any atom is -0.332 e. The molecule has 1 amide bonds. The summed E-state index contributed by atoms with van der Waals surface area (Å²) in [6.07, 6.45) is 1.63. The quantitative estimate of drug-likeness (QED) is 0.829. The van der Waals surface area contributed by atoms with E-state index in [4.69, 9.17) is 0 Å². The molecule has 0 saturated carbocycles. The van der Waals surface area contributed by atoms with Crippen molar-refractivity contribution in [2.24, 2.45) is 0 Å². The lowest BCUT2D eigenvalue weighted by atomic mass is 10.2. The number of hydrogen-bond acceptors (Lipinski definition) is 3. The number of rotatable bonds is 4. The van der Waals surface area contributed by atoms with Crippen LogP contribution in [0.3, 0.4) is 0 Å². The summed E-state index contributed by atoms with van der Waals surface area (Å²) in [4.78, 5) is 11.1. The second-order valence-electron chi connectivity index (χ2n) is 3.76. The van der Waals surface area contributed by atoms with E-state index in [1.165, 1.54) is 5.56 Å². The third-order valence-corrected chi connectivity index (χ3v) is 3.55. The van der Waals surface area contributed by atoms with Gasteiger partial charge in [-0.3, -0.25) is 10.1 Å². The Bertz CT molecular complexity index is 342. The Morgan fingerprint density at radius 1 is 1.31 bits per heavy atom. The van der Waals surface area contributed by atoms with Gasteiger partial charge in [-0.15, -0.1) is 11.8 Å². The molecular weight excluding hydrogens is 220 g/mol.